The van der Waals surface area contributed by atoms with Crippen LogP contribution < -0.4 is 5.32 Å². The zero-order valence-electron chi connectivity index (χ0n) is 14.8. The van der Waals surface area contributed by atoms with Crippen molar-refractivity contribution < 1.29 is 4.79 Å². The van der Waals surface area contributed by atoms with Crippen molar-refractivity contribution in [2.45, 2.75) is 44.1 Å². The number of carbonyl (C=O) groups excluding carboxylic acids is 1. The highest BCUT2D eigenvalue weighted by Crippen LogP contribution is 2.25. The minimum atomic E-state index is -0.321. The van der Waals surface area contributed by atoms with Gasteiger partial charge in [0.05, 0.1) is 5.25 Å². The third kappa shape index (κ3) is 4.47. The molecule has 136 valence electrons. The topological polar surface area (TPSA) is 85.6 Å². The van der Waals surface area contributed by atoms with E-state index in [9.17, 15) is 4.79 Å². The van der Waals surface area contributed by atoms with Crippen molar-refractivity contribution in [1.82, 2.24) is 25.0 Å². The largest absolute Gasteiger partial charge is 0.306 e. The number of hydrogen-bond donors (Lipinski definition) is 1. The lowest BCUT2D eigenvalue weighted by Gasteiger charge is -2.11. The van der Waals surface area contributed by atoms with Crippen LogP contribution in [0.2, 0.25) is 0 Å². The second-order valence-corrected chi connectivity index (χ2v) is 8.17. The monoisotopic (exact) mass is 388 g/mol. The lowest BCUT2D eigenvalue weighted by atomic mass is 10.1. The van der Waals surface area contributed by atoms with E-state index in [1.54, 1.807) is 0 Å². The van der Waals surface area contributed by atoms with Gasteiger partial charge < -0.3 is 4.57 Å². The number of anilines is 1. The van der Waals surface area contributed by atoms with Crippen LogP contribution in [0.1, 0.15) is 30.2 Å². The van der Waals surface area contributed by atoms with Gasteiger partial charge in [0.25, 0.3) is 0 Å². The Morgan fingerprint density at radius 3 is 2.65 bits per heavy atom. The summed E-state index contributed by atoms with van der Waals surface area (Å²) < 4.78 is 2.05. The third-order valence-electron chi connectivity index (χ3n) is 3.72. The normalized spacial score (nSPS) is 12.1. The lowest BCUT2D eigenvalue weighted by molar-refractivity contribution is -0.115. The molecule has 2 heterocycles. The fourth-order valence-electron chi connectivity index (χ4n) is 2.40. The second-order valence-electron chi connectivity index (χ2n) is 5.68. The summed E-state index contributed by atoms with van der Waals surface area (Å²) in [6.07, 6.45) is 0.715. The van der Waals surface area contributed by atoms with Crippen LogP contribution in [0.5, 0.6) is 0 Å². The van der Waals surface area contributed by atoms with Gasteiger partial charge in [0.15, 0.2) is 5.16 Å². The van der Waals surface area contributed by atoms with E-state index >= 15 is 0 Å². The highest BCUT2D eigenvalue weighted by molar-refractivity contribution is 8.00. The molecule has 0 spiro atoms. The van der Waals surface area contributed by atoms with Crippen molar-refractivity contribution in [2.75, 3.05) is 5.32 Å². The molecule has 0 saturated carbocycles. The fourth-order valence-corrected chi connectivity index (χ4v) is 3.93. The van der Waals surface area contributed by atoms with Crippen molar-refractivity contribution in [3.05, 3.63) is 46.7 Å². The van der Waals surface area contributed by atoms with E-state index in [0.717, 1.165) is 22.5 Å². The molecule has 0 aliphatic rings. The van der Waals surface area contributed by atoms with Crippen molar-refractivity contribution in [3.8, 4) is 0 Å². The van der Waals surface area contributed by atoms with E-state index < -0.39 is 0 Å². The molecule has 1 aromatic carbocycles. The average Bonchev–Trinajstić information content (AvgIpc) is 3.21. The molecule has 26 heavy (non-hydrogen) atoms. The Kier molecular flexibility index (Phi) is 6.00. The van der Waals surface area contributed by atoms with Gasteiger partial charge in [-0.15, -0.1) is 20.4 Å². The van der Waals surface area contributed by atoms with Gasteiger partial charge in [-0.05, 0) is 26.3 Å². The minimum Gasteiger partial charge on any atom is -0.306 e. The lowest BCUT2D eigenvalue weighted by Crippen LogP contribution is -2.23. The van der Waals surface area contributed by atoms with Gasteiger partial charge in [-0.25, -0.2) is 0 Å². The number of carbonyl (C=O) groups is 1. The summed E-state index contributed by atoms with van der Waals surface area (Å²) in [7, 11) is 0. The first-order valence-electron chi connectivity index (χ1n) is 8.30. The van der Waals surface area contributed by atoms with Gasteiger partial charge in [-0.1, -0.05) is 53.4 Å². The average molecular weight is 389 g/mol. The SMILES string of the molecule is CCn1c(Cc2ccccc2)nnc1S[C@@H](C)C(=O)Nc1nnc(C)s1. The predicted octanol–water partition coefficient (Wildman–Crippen LogP) is 3.17. The molecule has 0 bridgehead atoms. The predicted molar refractivity (Wildman–Crippen MR) is 104 cm³/mol. The molecule has 3 aromatic rings. The number of hydrogen-bond acceptors (Lipinski definition) is 7. The molecular formula is C17H20N6OS2. The zero-order chi connectivity index (χ0) is 18.5. The van der Waals surface area contributed by atoms with E-state index in [1.807, 2.05) is 32.0 Å². The number of aromatic nitrogens is 5. The number of thioether (sulfide) groups is 1. The molecule has 3 rings (SSSR count). The number of rotatable bonds is 7. The summed E-state index contributed by atoms with van der Waals surface area (Å²) >= 11 is 2.75. The van der Waals surface area contributed by atoms with Gasteiger partial charge in [-0.2, -0.15) is 0 Å². The third-order valence-corrected chi connectivity index (χ3v) is 5.56. The first kappa shape index (κ1) is 18.5. The first-order valence-corrected chi connectivity index (χ1v) is 10.00. The highest BCUT2D eigenvalue weighted by Gasteiger charge is 2.20. The van der Waals surface area contributed by atoms with Crippen LogP contribution in [0.15, 0.2) is 35.5 Å². The molecule has 0 aliphatic carbocycles. The van der Waals surface area contributed by atoms with Crippen molar-refractivity contribution in [2.24, 2.45) is 0 Å². The molecule has 0 fully saturated rings. The van der Waals surface area contributed by atoms with E-state index in [-0.39, 0.29) is 11.2 Å². The van der Waals surface area contributed by atoms with Crippen LogP contribution in [-0.4, -0.2) is 36.1 Å². The Labute approximate surface area is 160 Å². The molecule has 0 unspecified atom stereocenters. The van der Waals surface area contributed by atoms with Gasteiger partial charge in [0, 0.05) is 13.0 Å². The number of amides is 1. The first-order chi connectivity index (χ1) is 12.6. The van der Waals surface area contributed by atoms with E-state index in [0.29, 0.717) is 11.6 Å². The van der Waals surface area contributed by atoms with E-state index in [1.165, 1.54) is 28.7 Å². The summed E-state index contributed by atoms with van der Waals surface area (Å²) in [5.74, 6) is 0.773. The van der Waals surface area contributed by atoms with Gasteiger partial charge in [-0.3, -0.25) is 10.1 Å². The second kappa shape index (κ2) is 8.41. The van der Waals surface area contributed by atoms with Crippen molar-refractivity contribution >= 4 is 34.1 Å². The van der Waals surface area contributed by atoms with Crippen LogP contribution in [-0.2, 0) is 17.8 Å². The van der Waals surface area contributed by atoms with Crippen molar-refractivity contribution in [3.63, 3.8) is 0 Å². The molecule has 1 amide bonds. The summed E-state index contributed by atoms with van der Waals surface area (Å²) in [6, 6.07) is 10.2. The molecule has 2 aromatic heterocycles. The Hall–Kier alpha value is -2.26. The number of benzene rings is 1. The summed E-state index contributed by atoms with van der Waals surface area (Å²) in [4.78, 5) is 12.4. The Balaban J connectivity index is 1.68. The van der Waals surface area contributed by atoms with E-state index in [4.69, 9.17) is 0 Å². The maximum absolute atomic E-state index is 12.4. The maximum atomic E-state index is 12.4. The quantitative estimate of drug-likeness (QED) is 0.626. The van der Waals surface area contributed by atoms with Crippen LogP contribution in [0.25, 0.3) is 0 Å². The molecule has 7 nitrogen and oxygen atoms in total. The van der Waals surface area contributed by atoms with Gasteiger partial charge in [0.1, 0.15) is 10.8 Å². The molecule has 9 heteroatoms. The van der Waals surface area contributed by atoms with E-state index in [2.05, 4.69) is 49.3 Å². The molecular weight excluding hydrogens is 368 g/mol. The van der Waals surface area contributed by atoms with Crippen LogP contribution in [0.3, 0.4) is 0 Å². The maximum Gasteiger partial charge on any atom is 0.239 e. The molecule has 1 atom stereocenters. The van der Waals surface area contributed by atoms with Crippen molar-refractivity contribution in [1.29, 1.82) is 0 Å². The van der Waals surface area contributed by atoms with Crippen LogP contribution in [0, 0.1) is 6.92 Å². The molecule has 1 N–H and O–H groups in total. The Morgan fingerprint density at radius 2 is 2.00 bits per heavy atom. The number of nitrogens with one attached hydrogen (secondary N) is 1. The summed E-state index contributed by atoms with van der Waals surface area (Å²) in [6.45, 7) is 6.50. The number of nitrogens with zero attached hydrogens (tertiary/aromatic N) is 5. The Bertz CT molecular complexity index is 877. The zero-order valence-corrected chi connectivity index (χ0v) is 16.5. The number of aryl methyl sites for hydroxylation is 1. The standard InChI is InChI=1S/C17H20N6OS2/c1-4-23-14(10-13-8-6-5-7-9-13)20-22-17(23)25-11(2)15(24)18-16-21-19-12(3)26-16/h5-9,11H,4,10H2,1-3H3,(H,18,21,24)/t11-/m0/s1. The summed E-state index contributed by atoms with van der Waals surface area (Å²) in [5.41, 5.74) is 1.18. The molecule has 0 aliphatic heterocycles. The van der Waals surface area contributed by atoms with Crippen LogP contribution in [0.4, 0.5) is 5.13 Å². The van der Waals surface area contributed by atoms with Gasteiger partial charge in [0.2, 0.25) is 11.0 Å². The highest BCUT2D eigenvalue weighted by atomic mass is 32.2. The van der Waals surface area contributed by atoms with Gasteiger partial charge >= 0.3 is 0 Å². The minimum absolute atomic E-state index is 0.124. The molecule has 0 saturated heterocycles. The Morgan fingerprint density at radius 1 is 1.23 bits per heavy atom. The fraction of sp³-hybridized carbons (Fsp3) is 0.353. The molecule has 0 radical (unpaired) electrons. The summed E-state index contributed by atoms with van der Waals surface area (Å²) in [5, 5.41) is 21.0. The van der Waals surface area contributed by atoms with Crippen LogP contribution >= 0.6 is 23.1 Å². The smallest absolute Gasteiger partial charge is 0.239 e.